The van der Waals surface area contributed by atoms with E-state index in [-0.39, 0.29) is 12.2 Å². The van der Waals surface area contributed by atoms with E-state index in [1.54, 1.807) is 0 Å². The first-order valence-electron chi connectivity index (χ1n) is 10.4. The summed E-state index contributed by atoms with van der Waals surface area (Å²) in [4.78, 5) is 0. The zero-order valence-corrected chi connectivity index (χ0v) is 17.3. The van der Waals surface area contributed by atoms with Crippen LogP contribution in [0.4, 0.5) is 0 Å². The number of rotatable bonds is 8. The second-order valence-electron chi connectivity index (χ2n) is 7.56. The SMILES string of the molecule is C#CC(CC)(CCCc1cccc(Oc2ccccc2)c1)c1ccc2c(c1)OCO2. The van der Waals surface area contributed by atoms with E-state index in [2.05, 4.69) is 31.0 Å². The van der Waals surface area contributed by atoms with Crippen LogP contribution < -0.4 is 14.2 Å². The van der Waals surface area contributed by atoms with E-state index in [0.29, 0.717) is 0 Å². The van der Waals surface area contributed by atoms with Gasteiger partial charge in [-0.25, -0.2) is 0 Å². The van der Waals surface area contributed by atoms with Crippen molar-refractivity contribution in [2.75, 3.05) is 6.79 Å². The Balaban J connectivity index is 1.43. The second kappa shape index (κ2) is 8.97. The van der Waals surface area contributed by atoms with Crippen molar-refractivity contribution in [2.24, 2.45) is 0 Å². The quantitative estimate of drug-likeness (QED) is 0.405. The van der Waals surface area contributed by atoms with Crippen LogP contribution in [0.15, 0.2) is 72.8 Å². The minimum absolute atomic E-state index is 0.273. The molecule has 1 aliphatic rings. The molecule has 0 bridgehead atoms. The number of hydrogen-bond donors (Lipinski definition) is 0. The maximum atomic E-state index is 6.04. The number of fused-ring (bicyclic) bond motifs is 1. The van der Waals surface area contributed by atoms with E-state index < -0.39 is 0 Å². The average molecular weight is 399 g/mol. The van der Waals surface area contributed by atoms with Gasteiger partial charge in [-0.15, -0.1) is 6.42 Å². The molecule has 3 nitrogen and oxygen atoms in total. The third-order valence-corrected chi connectivity index (χ3v) is 5.75. The molecule has 1 heterocycles. The summed E-state index contributed by atoms with van der Waals surface area (Å²) in [6.45, 7) is 2.42. The van der Waals surface area contributed by atoms with Crippen LogP contribution in [-0.4, -0.2) is 6.79 Å². The summed E-state index contributed by atoms with van der Waals surface area (Å²) in [5.41, 5.74) is 2.06. The molecule has 3 aromatic carbocycles. The zero-order chi connectivity index (χ0) is 20.8. The first-order valence-corrected chi connectivity index (χ1v) is 10.4. The first-order chi connectivity index (χ1) is 14.7. The Labute approximate surface area is 178 Å². The van der Waals surface area contributed by atoms with Gasteiger partial charge in [-0.05, 0) is 73.2 Å². The standard InChI is InChI=1S/C27H26O3/c1-3-27(4-2,22-15-16-25-26(19-22)29-20-28-25)17-9-11-21-10-8-14-24(18-21)30-23-12-6-5-7-13-23/h1,5-8,10,12-16,18-19H,4,9,11,17,20H2,2H3. The third kappa shape index (κ3) is 4.28. The van der Waals surface area contributed by atoms with Gasteiger partial charge in [-0.3, -0.25) is 0 Å². The summed E-state index contributed by atoms with van der Waals surface area (Å²) in [7, 11) is 0. The predicted octanol–water partition coefficient (Wildman–Crippen LogP) is 6.51. The van der Waals surface area contributed by atoms with Gasteiger partial charge in [0.2, 0.25) is 6.79 Å². The second-order valence-corrected chi connectivity index (χ2v) is 7.56. The molecule has 1 atom stereocenters. The van der Waals surface area contributed by atoms with Crippen LogP contribution in [0, 0.1) is 12.3 Å². The molecule has 0 aliphatic carbocycles. The summed E-state index contributed by atoms with van der Waals surface area (Å²) < 4.78 is 17.0. The van der Waals surface area contributed by atoms with E-state index >= 15 is 0 Å². The van der Waals surface area contributed by atoms with Crippen molar-refractivity contribution in [1.29, 1.82) is 0 Å². The van der Waals surface area contributed by atoms with Gasteiger partial charge in [0, 0.05) is 0 Å². The lowest BCUT2D eigenvalue weighted by Gasteiger charge is -2.28. The predicted molar refractivity (Wildman–Crippen MR) is 119 cm³/mol. The van der Waals surface area contributed by atoms with E-state index in [0.717, 1.165) is 54.2 Å². The zero-order valence-electron chi connectivity index (χ0n) is 17.3. The molecule has 3 aromatic rings. The molecule has 0 aromatic heterocycles. The smallest absolute Gasteiger partial charge is 0.231 e. The molecule has 0 N–H and O–H groups in total. The van der Waals surface area contributed by atoms with Gasteiger partial charge >= 0.3 is 0 Å². The van der Waals surface area contributed by atoms with Crippen LogP contribution in [0.1, 0.15) is 37.3 Å². The molecule has 0 saturated heterocycles. The fraction of sp³-hybridized carbons (Fsp3) is 0.259. The summed E-state index contributed by atoms with van der Waals surface area (Å²) in [5, 5.41) is 0. The third-order valence-electron chi connectivity index (χ3n) is 5.75. The molecule has 0 saturated carbocycles. The van der Waals surface area contributed by atoms with Crippen molar-refractivity contribution in [3.05, 3.63) is 83.9 Å². The van der Waals surface area contributed by atoms with E-state index in [4.69, 9.17) is 20.6 Å². The normalized spacial score (nSPS) is 14.0. The first kappa shape index (κ1) is 19.9. The largest absolute Gasteiger partial charge is 0.457 e. The maximum absolute atomic E-state index is 6.04. The fourth-order valence-corrected chi connectivity index (χ4v) is 3.96. The van der Waals surface area contributed by atoms with Crippen LogP contribution >= 0.6 is 0 Å². The van der Waals surface area contributed by atoms with Crippen LogP contribution in [-0.2, 0) is 11.8 Å². The monoisotopic (exact) mass is 398 g/mol. The minimum Gasteiger partial charge on any atom is -0.457 e. The van der Waals surface area contributed by atoms with Gasteiger partial charge in [-0.2, -0.15) is 0 Å². The highest BCUT2D eigenvalue weighted by molar-refractivity contribution is 5.48. The summed E-state index contributed by atoms with van der Waals surface area (Å²) in [6, 6.07) is 24.2. The number of terminal acetylenes is 1. The molecule has 152 valence electrons. The lowest BCUT2D eigenvalue weighted by Crippen LogP contribution is -2.23. The Hall–Kier alpha value is -3.38. The number of benzene rings is 3. The van der Waals surface area contributed by atoms with Crippen molar-refractivity contribution in [2.45, 2.75) is 38.0 Å². The molecule has 0 amide bonds. The van der Waals surface area contributed by atoms with Gasteiger partial charge in [0.25, 0.3) is 0 Å². The van der Waals surface area contributed by atoms with Crippen LogP contribution in [0.3, 0.4) is 0 Å². The number of para-hydroxylation sites is 1. The van der Waals surface area contributed by atoms with E-state index in [9.17, 15) is 0 Å². The Morgan fingerprint density at radius 2 is 1.73 bits per heavy atom. The fourth-order valence-electron chi connectivity index (χ4n) is 3.96. The molecule has 1 unspecified atom stereocenters. The van der Waals surface area contributed by atoms with E-state index in [1.165, 1.54) is 5.56 Å². The van der Waals surface area contributed by atoms with Crippen molar-refractivity contribution in [3.63, 3.8) is 0 Å². The highest BCUT2D eigenvalue weighted by Crippen LogP contribution is 2.40. The van der Waals surface area contributed by atoms with Crippen molar-refractivity contribution in [1.82, 2.24) is 0 Å². The van der Waals surface area contributed by atoms with Gasteiger partial charge in [0.1, 0.15) is 11.5 Å². The molecule has 1 aliphatic heterocycles. The molecule has 0 fully saturated rings. The molecule has 0 radical (unpaired) electrons. The Kier molecular flexibility index (Phi) is 5.95. The molecular formula is C27H26O3. The van der Waals surface area contributed by atoms with Crippen LogP contribution in [0.25, 0.3) is 0 Å². The lowest BCUT2D eigenvalue weighted by atomic mass is 9.74. The Bertz CT molecular complexity index is 1040. The molecule has 0 spiro atoms. The van der Waals surface area contributed by atoms with E-state index in [1.807, 2.05) is 54.6 Å². The summed E-state index contributed by atoms with van der Waals surface area (Å²) in [5.74, 6) is 6.35. The topological polar surface area (TPSA) is 27.7 Å². The minimum atomic E-state index is -0.306. The van der Waals surface area contributed by atoms with Gasteiger partial charge in [-0.1, -0.05) is 49.2 Å². The highest BCUT2D eigenvalue weighted by atomic mass is 16.7. The number of ether oxygens (including phenoxy) is 3. The van der Waals surface area contributed by atoms with Crippen molar-refractivity contribution < 1.29 is 14.2 Å². The number of hydrogen-bond acceptors (Lipinski definition) is 3. The Morgan fingerprint density at radius 1 is 0.933 bits per heavy atom. The molecule has 30 heavy (non-hydrogen) atoms. The van der Waals surface area contributed by atoms with Crippen molar-refractivity contribution in [3.8, 4) is 35.3 Å². The van der Waals surface area contributed by atoms with Gasteiger partial charge in [0.15, 0.2) is 11.5 Å². The highest BCUT2D eigenvalue weighted by Gasteiger charge is 2.29. The maximum Gasteiger partial charge on any atom is 0.231 e. The summed E-state index contributed by atoms with van der Waals surface area (Å²) in [6.07, 6.45) is 9.76. The van der Waals surface area contributed by atoms with Crippen LogP contribution in [0.5, 0.6) is 23.0 Å². The molecule has 4 rings (SSSR count). The van der Waals surface area contributed by atoms with Gasteiger partial charge < -0.3 is 14.2 Å². The molecular weight excluding hydrogens is 372 g/mol. The average Bonchev–Trinajstić information content (AvgIpc) is 3.26. The lowest BCUT2D eigenvalue weighted by molar-refractivity contribution is 0.174. The number of aryl methyl sites for hydroxylation is 1. The summed E-state index contributed by atoms with van der Waals surface area (Å²) >= 11 is 0. The van der Waals surface area contributed by atoms with Crippen molar-refractivity contribution >= 4 is 0 Å². The van der Waals surface area contributed by atoms with Gasteiger partial charge in [0.05, 0.1) is 5.41 Å². The van der Waals surface area contributed by atoms with Crippen LogP contribution in [0.2, 0.25) is 0 Å². The Morgan fingerprint density at radius 3 is 2.53 bits per heavy atom. The molecule has 3 heteroatoms.